The molecule has 6 nitrogen and oxygen atoms in total. The normalized spacial score (nSPS) is 10.7. The SMILES string of the molecule is O=C(Cc1csc(NC(=O)c2cccs2)n1)NCc1ccccc1OC(F)F. The summed E-state index contributed by atoms with van der Waals surface area (Å²) in [5, 5.41) is 9.21. The van der Waals surface area contributed by atoms with E-state index in [-0.39, 0.29) is 30.5 Å². The number of hydrogen-bond acceptors (Lipinski definition) is 6. The Balaban J connectivity index is 1.52. The van der Waals surface area contributed by atoms with Crippen molar-refractivity contribution >= 4 is 39.6 Å². The second-order valence-electron chi connectivity index (χ2n) is 5.52. The standard InChI is InChI=1S/C18H15F2N3O3S2/c19-17(20)26-13-5-2-1-4-11(13)9-21-15(24)8-12-10-28-18(22-12)23-16(25)14-6-3-7-27-14/h1-7,10,17H,8-9H2,(H,21,24)(H,22,23,25). The first-order valence-corrected chi connectivity index (χ1v) is 9.86. The van der Waals surface area contributed by atoms with Crippen LogP contribution in [0.5, 0.6) is 5.75 Å². The molecule has 0 unspecified atom stereocenters. The third-order valence-electron chi connectivity index (χ3n) is 3.52. The van der Waals surface area contributed by atoms with Gasteiger partial charge in [-0.1, -0.05) is 24.3 Å². The van der Waals surface area contributed by atoms with Crippen LogP contribution in [0.25, 0.3) is 0 Å². The fourth-order valence-electron chi connectivity index (χ4n) is 2.29. The van der Waals surface area contributed by atoms with Gasteiger partial charge in [0, 0.05) is 17.5 Å². The van der Waals surface area contributed by atoms with Crippen molar-refractivity contribution in [2.24, 2.45) is 0 Å². The highest BCUT2D eigenvalue weighted by Crippen LogP contribution is 2.21. The van der Waals surface area contributed by atoms with E-state index in [0.717, 1.165) is 0 Å². The Kier molecular flexibility index (Phi) is 6.66. The minimum atomic E-state index is -2.94. The van der Waals surface area contributed by atoms with Crippen LogP contribution in [0.1, 0.15) is 20.9 Å². The number of nitrogens with one attached hydrogen (secondary N) is 2. The van der Waals surface area contributed by atoms with Crippen LogP contribution in [0.15, 0.2) is 47.2 Å². The molecule has 0 aliphatic rings. The van der Waals surface area contributed by atoms with Crippen LogP contribution >= 0.6 is 22.7 Å². The maximum absolute atomic E-state index is 12.4. The predicted octanol–water partition coefficient (Wildman–Crippen LogP) is 3.92. The summed E-state index contributed by atoms with van der Waals surface area (Å²) >= 11 is 2.54. The zero-order valence-corrected chi connectivity index (χ0v) is 16.0. The number of para-hydroxylation sites is 1. The van der Waals surface area contributed by atoms with Gasteiger partial charge in [-0.05, 0) is 17.5 Å². The lowest BCUT2D eigenvalue weighted by Gasteiger charge is -2.11. The molecule has 2 aromatic heterocycles. The topological polar surface area (TPSA) is 80.3 Å². The Morgan fingerprint density at radius 1 is 1.14 bits per heavy atom. The van der Waals surface area contributed by atoms with Gasteiger partial charge in [-0.15, -0.1) is 22.7 Å². The zero-order chi connectivity index (χ0) is 19.9. The molecule has 0 aliphatic heterocycles. The summed E-state index contributed by atoms with van der Waals surface area (Å²) in [5.74, 6) is -0.561. The molecular formula is C18H15F2N3O3S2. The number of anilines is 1. The van der Waals surface area contributed by atoms with Crippen LogP contribution in [-0.2, 0) is 17.8 Å². The number of thiophene rings is 1. The van der Waals surface area contributed by atoms with Crippen molar-refractivity contribution in [1.29, 1.82) is 0 Å². The summed E-state index contributed by atoms with van der Waals surface area (Å²) in [6.07, 6.45) is 0.00322. The Labute approximate surface area is 167 Å². The monoisotopic (exact) mass is 423 g/mol. The second kappa shape index (κ2) is 9.38. The Morgan fingerprint density at radius 2 is 1.96 bits per heavy atom. The van der Waals surface area contributed by atoms with Crippen LogP contribution in [0.3, 0.4) is 0 Å². The summed E-state index contributed by atoms with van der Waals surface area (Å²) in [6, 6.07) is 9.74. The molecule has 10 heteroatoms. The highest BCUT2D eigenvalue weighted by atomic mass is 32.1. The van der Waals surface area contributed by atoms with E-state index in [9.17, 15) is 18.4 Å². The van der Waals surface area contributed by atoms with Gasteiger partial charge in [-0.2, -0.15) is 8.78 Å². The Bertz CT molecular complexity index is 945. The van der Waals surface area contributed by atoms with Gasteiger partial charge in [0.15, 0.2) is 5.13 Å². The van der Waals surface area contributed by atoms with Gasteiger partial charge in [0.05, 0.1) is 17.0 Å². The minimum absolute atomic E-state index is 0.00322. The van der Waals surface area contributed by atoms with Gasteiger partial charge in [-0.3, -0.25) is 14.9 Å². The summed E-state index contributed by atoms with van der Waals surface area (Å²) < 4.78 is 29.3. The average molecular weight is 423 g/mol. The molecule has 0 radical (unpaired) electrons. The lowest BCUT2D eigenvalue weighted by Crippen LogP contribution is -2.25. The third-order valence-corrected chi connectivity index (χ3v) is 5.20. The van der Waals surface area contributed by atoms with E-state index in [1.807, 2.05) is 0 Å². The van der Waals surface area contributed by atoms with Gasteiger partial charge in [0.25, 0.3) is 5.91 Å². The van der Waals surface area contributed by atoms with Crippen LogP contribution in [0, 0.1) is 0 Å². The number of thiazole rings is 1. The van der Waals surface area contributed by atoms with Gasteiger partial charge in [0.1, 0.15) is 5.75 Å². The molecule has 2 amide bonds. The molecule has 3 aromatic rings. The number of benzene rings is 1. The molecule has 0 saturated heterocycles. The maximum atomic E-state index is 12.4. The second-order valence-corrected chi connectivity index (χ2v) is 7.32. The van der Waals surface area contributed by atoms with Gasteiger partial charge in [-0.25, -0.2) is 4.98 Å². The first kappa shape index (κ1) is 19.9. The maximum Gasteiger partial charge on any atom is 0.387 e. The van der Waals surface area contributed by atoms with Crippen LogP contribution < -0.4 is 15.4 Å². The number of ether oxygens (including phenoxy) is 1. The summed E-state index contributed by atoms with van der Waals surface area (Å²) in [5.41, 5.74) is 0.944. The minimum Gasteiger partial charge on any atom is -0.434 e. The van der Waals surface area contributed by atoms with E-state index in [4.69, 9.17) is 0 Å². The van der Waals surface area contributed by atoms with Gasteiger partial charge in [0.2, 0.25) is 5.91 Å². The molecule has 28 heavy (non-hydrogen) atoms. The zero-order valence-electron chi connectivity index (χ0n) is 14.4. The number of alkyl halides is 2. The molecule has 0 atom stereocenters. The van der Waals surface area contributed by atoms with Crippen LogP contribution in [0.4, 0.5) is 13.9 Å². The number of carbonyl (C=O) groups excluding carboxylic acids is 2. The first-order valence-electron chi connectivity index (χ1n) is 8.10. The molecule has 0 bridgehead atoms. The molecule has 0 spiro atoms. The molecule has 0 aliphatic carbocycles. The number of nitrogens with zero attached hydrogens (tertiary/aromatic N) is 1. The molecule has 2 heterocycles. The lowest BCUT2D eigenvalue weighted by molar-refractivity contribution is -0.120. The molecule has 146 valence electrons. The summed E-state index contributed by atoms with van der Waals surface area (Å²) in [4.78, 5) is 28.9. The number of aromatic nitrogens is 1. The average Bonchev–Trinajstić information content (AvgIpc) is 3.33. The Morgan fingerprint density at radius 3 is 2.71 bits per heavy atom. The van der Waals surface area contributed by atoms with Gasteiger partial charge < -0.3 is 10.1 Å². The molecule has 1 aromatic carbocycles. The third kappa shape index (κ3) is 5.57. The summed E-state index contributed by atoms with van der Waals surface area (Å²) in [7, 11) is 0. The predicted molar refractivity (Wildman–Crippen MR) is 103 cm³/mol. The number of amides is 2. The van der Waals surface area contributed by atoms with E-state index < -0.39 is 6.61 Å². The quantitative estimate of drug-likeness (QED) is 0.576. The molecule has 0 saturated carbocycles. The largest absolute Gasteiger partial charge is 0.434 e. The molecular weight excluding hydrogens is 408 g/mol. The van der Waals surface area contributed by atoms with E-state index in [1.54, 1.807) is 41.1 Å². The van der Waals surface area contributed by atoms with E-state index in [1.165, 1.54) is 28.7 Å². The van der Waals surface area contributed by atoms with Crippen molar-refractivity contribution in [3.63, 3.8) is 0 Å². The Hall–Kier alpha value is -2.85. The van der Waals surface area contributed by atoms with E-state index in [0.29, 0.717) is 21.3 Å². The number of halogens is 2. The fourth-order valence-corrected chi connectivity index (χ4v) is 3.62. The molecule has 0 fully saturated rings. The van der Waals surface area contributed by atoms with Crippen LogP contribution in [0.2, 0.25) is 0 Å². The van der Waals surface area contributed by atoms with Crippen molar-refractivity contribution in [1.82, 2.24) is 10.3 Å². The molecule has 2 N–H and O–H groups in total. The highest BCUT2D eigenvalue weighted by molar-refractivity contribution is 7.14. The van der Waals surface area contributed by atoms with E-state index in [2.05, 4.69) is 20.4 Å². The van der Waals surface area contributed by atoms with Crippen LogP contribution in [-0.4, -0.2) is 23.4 Å². The van der Waals surface area contributed by atoms with Gasteiger partial charge >= 0.3 is 6.61 Å². The van der Waals surface area contributed by atoms with Crippen molar-refractivity contribution in [2.75, 3.05) is 5.32 Å². The summed E-state index contributed by atoms with van der Waals surface area (Å²) in [6.45, 7) is -2.89. The number of rotatable bonds is 8. The first-order chi connectivity index (χ1) is 13.5. The molecule has 3 rings (SSSR count). The van der Waals surface area contributed by atoms with Crippen molar-refractivity contribution in [2.45, 2.75) is 19.6 Å². The highest BCUT2D eigenvalue weighted by Gasteiger charge is 2.13. The van der Waals surface area contributed by atoms with E-state index >= 15 is 0 Å². The number of carbonyl (C=O) groups is 2. The van der Waals surface area contributed by atoms with Crippen molar-refractivity contribution < 1.29 is 23.1 Å². The lowest BCUT2D eigenvalue weighted by atomic mass is 10.2. The van der Waals surface area contributed by atoms with Crippen molar-refractivity contribution in [3.05, 3.63) is 63.3 Å². The number of hydrogen-bond donors (Lipinski definition) is 2. The fraction of sp³-hybridized carbons (Fsp3) is 0.167. The van der Waals surface area contributed by atoms with Crippen molar-refractivity contribution in [3.8, 4) is 5.75 Å². The smallest absolute Gasteiger partial charge is 0.387 e.